The van der Waals surface area contributed by atoms with Gasteiger partial charge in [0.25, 0.3) is 0 Å². The largest absolute Gasteiger partial charge is 0.240 e. The van der Waals surface area contributed by atoms with Crippen molar-refractivity contribution >= 4 is 37.5 Å². The first-order valence-electron chi connectivity index (χ1n) is 3.29. The normalized spacial score (nSPS) is 10.7. The van der Waals surface area contributed by atoms with Gasteiger partial charge in [0.1, 0.15) is 0 Å². The molecule has 11 heavy (non-hydrogen) atoms. The Morgan fingerprint density at radius 2 is 2.27 bits per heavy atom. The molecule has 0 aliphatic rings. The highest BCUT2D eigenvalue weighted by molar-refractivity contribution is 9.10. The van der Waals surface area contributed by atoms with E-state index < -0.39 is 0 Å². The predicted octanol–water partition coefficient (Wildman–Crippen LogP) is 3.37. The van der Waals surface area contributed by atoms with Crippen LogP contribution in [0.15, 0.2) is 22.7 Å². The third-order valence-electron chi connectivity index (χ3n) is 1.48. The van der Waals surface area contributed by atoms with Crippen LogP contribution in [0.4, 0.5) is 0 Å². The summed E-state index contributed by atoms with van der Waals surface area (Å²) in [6, 6.07) is 6.14. The fourth-order valence-corrected chi connectivity index (χ4v) is 2.47. The first kappa shape index (κ1) is 7.25. The number of hydrogen-bond donors (Lipinski definition) is 0. The van der Waals surface area contributed by atoms with Crippen LogP contribution in [-0.4, -0.2) is 4.98 Å². The quantitative estimate of drug-likeness (QED) is 0.673. The average molecular weight is 228 g/mol. The van der Waals surface area contributed by atoms with Crippen LogP contribution in [0.5, 0.6) is 0 Å². The molecule has 0 aliphatic carbocycles. The van der Waals surface area contributed by atoms with E-state index in [-0.39, 0.29) is 0 Å². The van der Waals surface area contributed by atoms with Crippen molar-refractivity contribution in [3.8, 4) is 0 Å². The van der Waals surface area contributed by atoms with Crippen molar-refractivity contribution in [2.75, 3.05) is 0 Å². The highest BCUT2D eigenvalue weighted by atomic mass is 79.9. The number of nitrogens with zero attached hydrogens (tertiary/aromatic N) is 1. The maximum absolute atomic E-state index is 4.38. The second-order valence-electron chi connectivity index (χ2n) is 2.32. The number of benzene rings is 1. The summed E-state index contributed by atoms with van der Waals surface area (Å²) < 4.78 is 2.33. The molecular formula is C8H6BrNS. The molecule has 0 saturated carbocycles. The van der Waals surface area contributed by atoms with Crippen molar-refractivity contribution in [3.05, 3.63) is 27.7 Å². The van der Waals surface area contributed by atoms with Gasteiger partial charge in [-0.05, 0) is 35.0 Å². The number of hydrogen-bond acceptors (Lipinski definition) is 2. The van der Waals surface area contributed by atoms with Crippen molar-refractivity contribution < 1.29 is 0 Å². The molecule has 2 rings (SSSR count). The zero-order valence-electron chi connectivity index (χ0n) is 5.97. The minimum absolute atomic E-state index is 1.08. The van der Waals surface area contributed by atoms with E-state index >= 15 is 0 Å². The maximum Gasteiger partial charge on any atom is 0.0957 e. The van der Waals surface area contributed by atoms with Gasteiger partial charge >= 0.3 is 0 Å². The van der Waals surface area contributed by atoms with Gasteiger partial charge in [0, 0.05) is 4.47 Å². The first-order chi connectivity index (χ1) is 5.27. The van der Waals surface area contributed by atoms with Crippen molar-refractivity contribution in [1.29, 1.82) is 0 Å². The Morgan fingerprint density at radius 3 is 3.00 bits per heavy atom. The van der Waals surface area contributed by atoms with Crippen molar-refractivity contribution in [2.24, 2.45) is 0 Å². The van der Waals surface area contributed by atoms with Gasteiger partial charge in [-0.1, -0.05) is 6.07 Å². The van der Waals surface area contributed by atoms with Crippen LogP contribution in [0.2, 0.25) is 0 Å². The molecule has 1 heterocycles. The molecule has 3 heteroatoms. The van der Waals surface area contributed by atoms with Gasteiger partial charge < -0.3 is 0 Å². The van der Waals surface area contributed by atoms with Crippen LogP contribution < -0.4 is 0 Å². The molecule has 0 amide bonds. The van der Waals surface area contributed by atoms with Crippen LogP contribution in [0, 0.1) is 6.92 Å². The van der Waals surface area contributed by atoms with E-state index in [9.17, 15) is 0 Å². The fourth-order valence-electron chi connectivity index (χ4n) is 1.03. The third kappa shape index (κ3) is 1.19. The molecular weight excluding hydrogens is 222 g/mol. The maximum atomic E-state index is 4.38. The molecule has 0 saturated heterocycles. The zero-order valence-corrected chi connectivity index (χ0v) is 8.37. The van der Waals surface area contributed by atoms with Gasteiger partial charge in [-0.2, -0.15) is 0 Å². The minimum atomic E-state index is 1.08. The summed E-state index contributed by atoms with van der Waals surface area (Å²) >= 11 is 5.18. The Kier molecular flexibility index (Phi) is 1.69. The van der Waals surface area contributed by atoms with E-state index in [0.29, 0.717) is 0 Å². The third-order valence-corrected chi connectivity index (χ3v) is 3.05. The van der Waals surface area contributed by atoms with Gasteiger partial charge in [-0.3, -0.25) is 0 Å². The molecule has 0 bridgehead atoms. The molecule has 0 radical (unpaired) electrons. The van der Waals surface area contributed by atoms with E-state index in [1.54, 1.807) is 11.3 Å². The number of halogens is 1. The van der Waals surface area contributed by atoms with E-state index in [0.717, 1.165) is 15.0 Å². The molecule has 0 unspecified atom stereocenters. The van der Waals surface area contributed by atoms with E-state index in [4.69, 9.17) is 0 Å². The zero-order chi connectivity index (χ0) is 7.84. The van der Waals surface area contributed by atoms with Gasteiger partial charge in [0.15, 0.2) is 0 Å². The summed E-state index contributed by atoms with van der Waals surface area (Å²) in [5, 5.41) is 1.12. The van der Waals surface area contributed by atoms with E-state index in [2.05, 4.69) is 27.0 Å². The molecule has 0 fully saturated rings. The molecule has 0 spiro atoms. The van der Waals surface area contributed by atoms with Crippen molar-refractivity contribution in [3.63, 3.8) is 0 Å². The van der Waals surface area contributed by atoms with Crippen LogP contribution in [0.25, 0.3) is 10.2 Å². The van der Waals surface area contributed by atoms with Crippen LogP contribution >= 0.6 is 27.3 Å². The van der Waals surface area contributed by atoms with Crippen molar-refractivity contribution in [2.45, 2.75) is 6.92 Å². The number of fused-ring (bicyclic) bond motifs is 1. The van der Waals surface area contributed by atoms with Crippen LogP contribution in [0.3, 0.4) is 0 Å². The van der Waals surface area contributed by atoms with Gasteiger partial charge in [-0.25, -0.2) is 4.98 Å². The Balaban J connectivity index is 2.90. The number of thiazole rings is 1. The smallest absolute Gasteiger partial charge is 0.0957 e. The van der Waals surface area contributed by atoms with Gasteiger partial charge in [0.05, 0.1) is 15.2 Å². The van der Waals surface area contributed by atoms with Crippen LogP contribution in [-0.2, 0) is 0 Å². The lowest BCUT2D eigenvalue weighted by molar-refractivity contribution is 1.34. The summed E-state index contributed by atoms with van der Waals surface area (Å²) in [5.74, 6) is 0. The van der Waals surface area contributed by atoms with Crippen LogP contribution in [0.1, 0.15) is 5.01 Å². The Hall–Kier alpha value is -0.410. The summed E-state index contributed by atoms with van der Waals surface area (Å²) in [6.07, 6.45) is 0. The summed E-state index contributed by atoms with van der Waals surface area (Å²) in [7, 11) is 0. The highest BCUT2D eigenvalue weighted by Crippen LogP contribution is 2.27. The number of rotatable bonds is 0. The lowest BCUT2D eigenvalue weighted by Crippen LogP contribution is -1.69. The molecule has 1 nitrogen and oxygen atoms in total. The van der Waals surface area contributed by atoms with E-state index in [1.165, 1.54) is 4.70 Å². The standard InChI is InChI=1S/C8H6BrNS/c1-5-10-8-6(9)3-2-4-7(8)11-5/h2-4H,1H3. The minimum Gasteiger partial charge on any atom is -0.240 e. The van der Waals surface area contributed by atoms with Gasteiger partial charge in [0.2, 0.25) is 0 Å². The first-order valence-corrected chi connectivity index (χ1v) is 4.90. The Bertz CT molecular complexity index is 394. The van der Waals surface area contributed by atoms with Crippen molar-refractivity contribution in [1.82, 2.24) is 4.98 Å². The summed E-state index contributed by atoms with van der Waals surface area (Å²) in [6.45, 7) is 2.02. The fraction of sp³-hybridized carbons (Fsp3) is 0.125. The Morgan fingerprint density at radius 1 is 1.45 bits per heavy atom. The molecule has 0 N–H and O–H groups in total. The number of aromatic nitrogens is 1. The molecule has 0 atom stereocenters. The SMILES string of the molecule is Cc1nc2c(Br)cccc2s1. The predicted molar refractivity (Wildman–Crippen MR) is 52.1 cm³/mol. The molecule has 1 aromatic heterocycles. The Labute approximate surface area is 77.2 Å². The molecule has 1 aromatic carbocycles. The highest BCUT2D eigenvalue weighted by Gasteiger charge is 2.01. The molecule has 0 aliphatic heterocycles. The topological polar surface area (TPSA) is 12.9 Å². The summed E-state index contributed by atoms with van der Waals surface area (Å²) in [5.41, 5.74) is 1.08. The second-order valence-corrected chi connectivity index (χ2v) is 4.41. The lowest BCUT2D eigenvalue weighted by Gasteiger charge is -1.88. The summed E-state index contributed by atoms with van der Waals surface area (Å²) in [4.78, 5) is 4.38. The number of para-hydroxylation sites is 1. The molecule has 2 aromatic rings. The average Bonchev–Trinajstić information content (AvgIpc) is 2.31. The lowest BCUT2D eigenvalue weighted by atomic mass is 10.3. The number of aryl methyl sites for hydroxylation is 1. The van der Waals surface area contributed by atoms with Gasteiger partial charge in [-0.15, -0.1) is 11.3 Å². The monoisotopic (exact) mass is 227 g/mol. The molecule has 56 valence electrons. The van der Waals surface area contributed by atoms with E-state index in [1.807, 2.05) is 19.1 Å². The second kappa shape index (κ2) is 2.57.